The first-order valence-corrected chi connectivity index (χ1v) is 7.94. The van der Waals surface area contributed by atoms with Gasteiger partial charge in [0.05, 0.1) is 6.54 Å². The Morgan fingerprint density at radius 2 is 1.62 bits per heavy atom. The summed E-state index contributed by atoms with van der Waals surface area (Å²) in [7, 11) is 1.53. The Kier molecular flexibility index (Phi) is 6.08. The van der Waals surface area contributed by atoms with Gasteiger partial charge in [-0.25, -0.2) is 0 Å². The second-order valence-electron chi connectivity index (χ2n) is 4.90. The highest BCUT2D eigenvalue weighted by molar-refractivity contribution is 9.10. The van der Waals surface area contributed by atoms with E-state index in [1.165, 1.54) is 7.05 Å². The summed E-state index contributed by atoms with van der Waals surface area (Å²) in [4.78, 5) is 35.5. The second-order valence-corrected chi connectivity index (χ2v) is 5.82. The lowest BCUT2D eigenvalue weighted by Crippen LogP contribution is -2.32. The average Bonchev–Trinajstić information content (AvgIpc) is 2.59. The van der Waals surface area contributed by atoms with Gasteiger partial charge in [0, 0.05) is 28.3 Å². The molecule has 6 nitrogen and oxygen atoms in total. The fourth-order valence-electron chi connectivity index (χ4n) is 1.98. The molecule has 0 aliphatic rings. The molecule has 3 N–H and O–H groups in total. The first-order valence-electron chi connectivity index (χ1n) is 7.15. The molecule has 2 aromatic rings. The van der Waals surface area contributed by atoms with Crippen LogP contribution in [0.5, 0.6) is 0 Å². The van der Waals surface area contributed by atoms with Crippen LogP contribution in [-0.4, -0.2) is 31.3 Å². The molecule has 2 aromatic carbocycles. The van der Waals surface area contributed by atoms with Gasteiger partial charge in [-0.3, -0.25) is 14.4 Å². The van der Waals surface area contributed by atoms with E-state index in [0.717, 1.165) is 4.47 Å². The van der Waals surface area contributed by atoms with Crippen LogP contribution in [-0.2, 0) is 4.79 Å². The normalized spacial score (nSPS) is 9.92. The number of anilines is 1. The highest BCUT2D eigenvalue weighted by Crippen LogP contribution is 2.12. The molecule has 7 heteroatoms. The molecule has 0 radical (unpaired) electrons. The lowest BCUT2D eigenvalue weighted by Gasteiger charge is -2.08. The number of hydrogen-bond donors (Lipinski definition) is 3. The number of hydrogen-bond acceptors (Lipinski definition) is 3. The summed E-state index contributed by atoms with van der Waals surface area (Å²) in [6.45, 7) is -0.171. The maximum absolute atomic E-state index is 12.0. The summed E-state index contributed by atoms with van der Waals surface area (Å²) >= 11 is 3.29. The third-order valence-electron chi connectivity index (χ3n) is 3.13. The summed E-state index contributed by atoms with van der Waals surface area (Å²) in [6.07, 6.45) is 0. The van der Waals surface area contributed by atoms with Gasteiger partial charge in [-0.05, 0) is 36.4 Å². The molecule has 124 valence electrons. The van der Waals surface area contributed by atoms with Crippen LogP contribution in [0.25, 0.3) is 0 Å². The number of amides is 3. The minimum absolute atomic E-state index is 0.171. The second kappa shape index (κ2) is 8.26. The zero-order chi connectivity index (χ0) is 17.5. The zero-order valence-corrected chi connectivity index (χ0v) is 14.5. The molecule has 3 amide bonds. The molecular formula is C17H16BrN3O3. The van der Waals surface area contributed by atoms with E-state index in [4.69, 9.17) is 0 Å². The van der Waals surface area contributed by atoms with E-state index in [9.17, 15) is 14.4 Å². The fraction of sp³-hybridized carbons (Fsp3) is 0.118. The van der Waals surface area contributed by atoms with Gasteiger partial charge in [-0.15, -0.1) is 0 Å². The van der Waals surface area contributed by atoms with Crippen LogP contribution in [0.1, 0.15) is 20.7 Å². The molecule has 24 heavy (non-hydrogen) atoms. The Bertz CT molecular complexity index is 777. The van der Waals surface area contributed by atoms with E-state index >= 15 is 0 Å². The van der Waals surface area contributed by atoms with Crippen LogP contribution >= 0.6 is 15.9 Å². The van der Waals surface area contributed by atoms with E-state index in [1.54, 1.807) is 42.5 Å². The van der Waals surface area contributed by atoms with Crippen LogP contribution in [0.15, 0.2) is 53.0 Å². The van der Waals surface area contributed by atoms with Gasteiger partial charge in [-0.2, -0.15) is 0 Å². The molecule has 0 saturated carbocycles. The summed E-state index contributed by atoms with van der Waals surface area (Å²) in [6, 6.07) is 13.4. The molecule has 0 atom stereocenters. The molecule has 0 aliphatic heterocycles. The Balaban J connectivity index is 1.92. The summed E-state index contributed by atoms with van der Waals surface area (Å²) in [5, 5.41) is 7.69. The number of carbonyl (C=O) groups excluding carboxylic acids is 3. The molecule has 2 rings (SSSR count). The van der Waals surface area contributed by atoms with Crippen molar-refractivity contribution in [3.63, 3.8) is 0 Å². The highest BCUT2D eigenvalue weighted by atomic mass is 79.9. The van der Waals surface area contributed by atoms with E-state index in [0.29, 0.717) is 16.8 Å². The number of nitrogens with one attached hydrogen (secondary N) is 3. The monoisotopic (exact) mass is 389 g/mol. The van der Waals surface area contributed by atoms with Gasteiger partial charge >= 0.3 is 0 Å². The van der Waals surface area contributed by atoms with Crippen LogP contribution in [0.2, 0.25) is 0 Å². The summed E-state index contributed by atoms with van der Waals surface area (Å²) in [5.41, 5.74) is 1.38. The van der Waals surface area contributed by atoms with Crippen molar-refractivity contribution in [2.45, 2.75) is 0 Å². The third-order valence-corrected chi connectivity index (χ3v) is 3.63. The summed E-state index contributed by atoms with van der Waals surface area (Å²) in [5.74, 6) is -0.966. The SMILES string of the molecule is CNC(=O)c1cccc(NC(=O)CNC(=O)c2cccc(Br)c2)c1. The molecule has 0 aromatic heterocycles. The lowest BCUT2D eigenvalue weighted by molar-refractivity contribution is -0.115. The number of rotatable bonds is 5. The van der Waals surface area contributed by atoms with E-state index < -0.39 is 0 Å². The van der Waals surface area contributed by atoms with Crippen LogP contribution < -0.4 is 16.0 Å². The molecule has 0 unspecified atom stereocenters. The van der Waals surface area contributed by atoms with Crippen molar-refractivity contribution in [2.24, 2.45) is 0 Å². The first-order chi connectivity index (χ1) is 11.5. The average molecular weight is 390 g/mol. The first kappa shape index (κ1) is 17.7. The Morgan fingerprint density at radius 3 is 2.29 bits per heavy atom. The Hall–Kier alpha value is -2.67. The molecule has 0 fully saturated rings. The smallest absolute Gasteiger partial charge is 0.251 e. The van der Waals surface area contributed by atoms with Gasteiger partial charge in [-0.1, -0.05) is 28.1 Å². The minimum Gasteiger partial charge on any atom is -0.355 e. The maximum Gasteiger partial charge on any atom is 0.251 e. The topological polar surface area (TPSA) is 87.3 Å². The van der Waals surface area contributed by atoms with Gasteiger partial charge in [0.1, 0.15) is 0 Å². The molecular weight excluding hydrogens is 374 g/mol. The van der Waals surface area contributed by atoms with Gasteiger partial charge in [0.25, 0.3) is 11.8 Å². The van der Waals surface area contributed by atoms with Crippen molar-refractivity contribution in [3.8, 4) is 0 Å². The van der Waals surface area contributed by atoms with E-state index in [-0.39, 0.29) is 24.3 Å². The largest absolute Gasteiger partial charge is 0.355 e. The molecule has 0 saturated heterocycles. The van der Waals surface area contributed by atoms with Crippen molar-refractivity contribution in [1.82, 2.24) is 10.6 Å². The number of halogens is 1. The maximum atomic E-state index is 12.0. The Morgan fingerprint density at radius 1 is 0.958 bits per heavy atom. The predicted molar refractivity (Wildman–Crippen MR) is 94.9 cm³/mol. The highest BCUT2D eigenvalue weighted by Gasteiger charge is 2.09. The Labute approximate surface area is 147 Å². The van der Waals surface area contributed by atoms with Crippen LogP contribution in [0.3, 0.4) is 0 Å². The van der Waals surface area contributed by atoms with Crippen LogP contribution in [0, 0.1) is 0 Å². The van der Waals surface area contributed by atoms with Gasteiger partial charge in [0.15, 0.2) is 0 Å². The zero-order valence-electron chi connectivity index (χ0n) is 12.9. The summed E-state index contributed by atoms with van der Waals surface area (Å²) < 4.78 is 0.783. The lowest BCUT2D eigenvalue weighted by atomic mass is 10.2. The molecule has 0 heterocycles. The minimum atomic E-state index is -0.382. The van der Waals surface area contributed by atoms with Crippen LogP contribution in [0.4, 0.5) is 5.69 Å². The van der Waals surface area contributed by atoms with Crippen molar-refractivity contribution in [2.75, 3.05) is 18.9 Å². The number of benzene rings is 2. The van der Waals surface area contributed by atoms with E-state index in [2.05, 4.69) is 31.9 Å². The fourth-order valence-corrected chi connectivity index (χ4v) is 2.38. The molecule has 0 aliphatic carbocycles. The quantitative estimate of drug-likeness (QED) is 0.732. The van der Waals surface area contributed by atoms with E-state index in [1.807, 2.05) is 6.07 Å². The van der Waals surface area contributed by atoms with Gasteiger partial charge < -0.3 is 16.0 Å². The van der Waals surface area contributed by atoms with Gasteiger partial charge in [0.2, 0.25) is 5.91 Å². The molecule has 0 spiro atoms. The van der Waals surface area contributed by atoms with Crippen molar-refractivity contribution >= 4 is 39.3 Å². The van der Waals surface area contributed by atoms with Crippen molar-refractivity contribution < 1.29 is 14.4 Å². The predicted octanol–water partition coefficient (Wildman–Crippen LogP) is 2.18. The third kappa shape index (κ3) is 4.92. The molecule has 0 bridgehead atoms. The van der Waals surface area contributed by atoms with Crippen molar-refractivity contribution in [3.05, 3.63) is 64.1 Å². The van der Waals surface area contributed by atoms with Crippen molar-refractivity contribution in [1.29, 1.82) is 0 Å². The number of carbonyl (C=O) groups is 3. The standard InChI is InChI=1S/C17H16BrN3O3/c1-19-16(23)12-5-3-7-14(9-12)21-15(22)10-20-17(24)11-4-2-6-13(18)8-11/h2-9H,10H2,1H3,(H,19,23)(H,20,24)(H,21,22).